The second-order valence-corrected chi connectivity index (χ2v) is 3.36. The second kappa shape index (κ2) is 3.82. The van der Waals surface area contributed by atoms with Crippen LogP contribution < -0.4 is 5.73 Å². The van der Waals surface area contributed by atoms with E-state index >= 15 is 0 Å². The molecule has 0 saturated carbocycles. The van der Waals surface area contributed by atoms with Gasteiger partial charge in [-0.2, -0.15) is 0 Å². The maximum Gasteiger partial charge on any atom is 0.142 e. The monoisotopic (exact) mass is 223 g/mol. The summed E-state index contributed by atoms with van der Waals surface area (Å²) < 4.78 is 13.1. The first-order chi connectivity index (χ1) is 7.16. The van der Waals surface area contributed by atoms with E-state index in [1.54, 1.807) is 6.07 Å². The van der Waals surface area contributed by atoms with Gasteiger partial charge < -0.3 is 5.73 Å². The smallest absolute Gasteiger partial charge is 0.142 e. The number of benzene rings is 1. The minimum Gasteiger partial charge on any atom is -0.382 e. The topological polar surface area (TPSA) is 51.8 Å². The Hall–Kier alpha value is -1.68. The molecule has 0 radical (unpaired) electrons. The van der Waals surface area contributed by atoms with Gasteiger partial charge in [0.2, 0.25) is 0 Å². The Kier molecular flexibility index (Phi) is 2.51. The summed E-state index contributed by atoms with van der Waals surface area (Å²) in [5, 5.41) is 0.0853. The van der Waals surface area contributed by atoms with Crippen molar-refractivity contribution < 1.29 is 4.39 Å². The molecule has 1 heterocycles. The maximum atomic E-state index is 13.1. The fourth-order valence-corrected chi connectivity index (χ4v) is 1.26. The highest BCUT2D eigenvalue weighted by Crippen LogP contribution is 2.22. The second-order valence-electron chi connectivity index (χ2n) is 2.96. The normalized spacial score (nSPS) is 10.3. The molecule has 0 atom stereocenters. The van der Waals surface area contributed by atoms with Gasteiger partial charge in [-0.15, -0.1) is 0 Å². The third kappa shape index (κ3) is 2.05. The van der Waals surface area contributed by atoms with Crippen molar-refractivity contribution in [3.8, 4) is 11.3 Å². The molecule has 2 aromatic rings. The van der Waals surface area contributed by atoms with Gasteiger partial charge in [0.05, 0.1) is 23.1 Å². The number of hydrogen-bond donors (Lipinski definition) is 1. The molecule has 0 saturated heterocycles. The van der Waals surface area contributed by atoms with E-state index in [0.717, 1.165) is 0 Å². The van der Waals surface area contributed by atoms with Crippen molar-refractivity contribution >= 4 is 17.4 Å². The van der Waals surface area contributed by atoms with Crippen LogP contribution in [-0.4, -0.2) is 9.97 Å². The lowest BCUT2D eigenvalue weighted by molar-refractivity contribution is 0.628. The van der Waals surface area contributed by atoms with E-state index in [-0.39, 0.29) is 5.02 Å². The average Bonchev–Trinajstić information content (AvgIpc) is 2.23. The maximum absolute atomic E-state index is 13.1. The summed E-state index contributed by atoms with van der Waals surface area (Å²) in [5.74, 6) is -0.152. The first kappa shape index (κ1) is 9.86. The Balaban J connectivity index is 2.45. The van der Waals surface area contributed by atoms with E-state index in [4.69, 9.17) is 17.3 Å². The molecular formula is C10H7ClFN3. The van der Waals surface area contributed by atoms with Crippen LogP contribution in [0.25, 0.3) is 11.3 Å². The zero-order chi connectivity index (χ0) is 10.8. The molecule has 15 heavy (non-hydrogen) atoms. The largest absolute Gasteiger partial charge is 0.382 e. The molecule has 0 aliphatic rings. The lowest BCUT2D eigenvalue weighted by atomic mass is 10.1. The van der Waals surface area contributed by atoms with Crippen LogP contribution in [0, 0.1) is 5.82 Å². The van der Waals surface area contributed by atoms with Crippen molar-refractivity contribution in [1.82, 2.24) is 9.97 Å². The Morgan fingerprint density at radius 1 is 1.20 bits per heavy atom. The van der Waals surface area contributed by atoms with Crippen LogP contribution in [0.2, 0.25) is 5.02 Å². The van der Waals surface area contributed by atoms with Crippen molar-refractivity contribution in [3.63, 3.8) is 0 Å². The van der Waals surface area contributed by atoms with Gasteiger partial charge in [-0.05, 0) is 12.1 Å². The average molecular weight is 224 g/mol. The summed E-state index contributed by atoms with van der Waals surface area (Å²) in [6.45, 7) is 0. The Morgan fingerprint density at radius 3 is 2.60 bits per heavy atom. The van der Waals surface area contributed by atoms with Crippen molar-refractivity contribution in [2.24, 2.45) is 0 Å². The number of nitrogens with zero attached hydrogens (tertiary/aromatic N) is 2. The van der Waals surface area contributed by atoms with E-state index in [2.05, 4.69) is 9.97 Å². The molecule has 0 fully saturated rings. The first-order valence-corrected chi connectivity index (χ1v) is 4.57. The third-order valence-corrected chi connectivity index (χ3v) is 2.19. The number of hydrogen-bond acceptors (Lipinski definition) is 3. The first-order valence-electron chi connectivity index (χ1n) is 4.20. The van der Waals surface area contributed by atoms with Gasteiger partial charge in [0.25, 0.3) is 0 Å². The molecule has 0 unspecified atom stereocenters. The van der Waals surface area contributed by atoms with Crippen LogP contribution >= 0.6 is 11.6 Å². The number of nitrogen functional groups attached to an aromatic ring is 1. The van der Waals surface area contributed by atoms with Gasteiger partial charge in [-0.25, -0.2) is 9.37 Å². The highest BCUT2D eigenvalue weighted by Gasteiger charge is 2.04. The van der Waals surface area contributed by atoms with Crippen LogP contribution in [0.4, 0.5) is 10.2 Å². The van der Waals surface area contributed by atoms with Gasteiger partial charge in [-0.1, -0.05) is 17.7 Å². The summed E-state index contributed by atoms with van der Waals surface area (Å²) in [4.78, 5) is 7.89. The number of halogens is 2. The van der Waals surface area contributed by atoms with Gasteiger partial charge in [-0.3, -0.25) is 4.98 Å². The fraction of sp³-hybridized carbons (Fsp3) is 0. The molecule has 1 aromatic carbocycles. The quantitative estimate of drug-likeness (QED) is 0.808. The molecule has 0 amide bonds. The van der Waals surface area contributed by atoms with Crippen LogP contribution in [0.5, 0.6) is 0 Å². The lowest BCUT2D eigenvalue weighted by Crippen LogP contribution is -1.92. The van der Waals surface area contributed by atoms with E-state index in [1.807, 2.05) is 0 Å². The molecule has 5 heteroatoms. The molecule has 0 bridgehead atoms. The van der Waals surface area contributed by atoms with Gasteiger partial charge in [0.1, 0.15) is 11.6 Å². The van der Waals surface area contributed by atoms with Crippen molar-refractivity contribution in [3.05, 3.63) is 41.4 Å². The Bertz CT molecular complexity index is 485. The predicted octanol–water partition coefficient (Wildman–Crippen LogP) is 2.52. The minimum atomic E-state index is -0.479. The molecule has 2 N–H and O–H groups in total. The van der Waals surface area contributed by atoms with Gasteiger partial charge in [0, 0.05) is 5.56 Å². The van der Waals surface area contributed by atoms with Crippen molar-refractivity contribution in [2.45, 2.75) is 0 Å². The standard InChI is InChI=1S/C10H7ClFN3/c11-7-2-1-6(3-8(7)12)9-4-15-10(13)5-14-9/h1-5H,(H2,13,15). The summed E-state index contributed by atoms with van der Waals surface area (Å²) in [6, 6.07) is 4.46. The van der Waals surface area contributed by atoms with Crippen LogP contribution in [-0.2, 0) is 0 Å². The van der Waals surface area contributed by atoms with E-state index in [0.29, 0.717) is 17.1 Å². The summed E-state index contributed by atoms with van der Waals surface area (Å²) >= 11 is 5.56. The SMILES string of the molecule is Nc1cnc(-c2ccc(Cl)c(F)c2)cn1. The fourth-order valence-electron chi connectivity index (χ4n) is 1.14. The minimum absolute atomic E-state index is 0.0853. The Morgan fingerprint density at radius 2 is 2.00 bits per heavy atom. The zero-order valence-electron chi connectivity index (χ0n) is 7.61. The zero-order valence-corrected chi connectivity index (χ0v) is 8.37. The number of anilines is 1. The van der Waals surface area contributed by atoms with Crippen LogP contribution in [0.3, 0.4) is 0 Å². The molecule has 2 rings (SSSR count). The molecule has 1 aromatic heterocycles. The van der Waals surface area contributed by atoms with E-state index < -0.39 is 5.82 Å². The molecule has 76 valence electrons. The molecule has 3 nitrogen and oxygen atoms in total. The van der Waals surface area contributed by atoms with Crippen LogP contribution in [0.1, 0.15) is 0 Å². The molecule has 0 aliphatic heterocycles. The highest BCUT2D eigenvalue weighted by atomic mass is 35.5. The summed E-state index contributed by atoms with van der Waals surface area (Å²) in [6.07, 6.45) is 2.90. The number of rotatable bonds is 1. The van der Waals surface area contributed by atoms with Gasteiger partial charge >= 0.3 is 0 Å². The lowest BCUT2D eigenvalue weighted by Gasteiger charge is -2.01. The number of nitrogens with two attached hydrogens (primary N) is 1. The number of aromatic nitrogens is 2. The molecular weight excluding hydrogens is 217 g/mol. The third-order valence-electron chi connectivity index (χ3n) is 1.89. The van der Waals surface area contributed by atoms with Crippen LogP contribution in [0.15, 0.2) is 30.6 Å². The molecule has 0 aliphatic carbocycles. The summed E-state index contributed by atoms with van der Waals surface area (Å²) in [5.41, 5.74) is 6.56. The van der Waals surface area contributed by atoms with E-state index in [9.17, 15) is 4.39 Å². The van der Waals surface area contributed by atoms with Crippen molar-refractivity contribution in [1.29, 1.82) is 0 Å². The van der Waals surface area contributed by atoms with E-state index in [1.165, 1.54) is 24.5 Å². The molecule has 0 spiro atoms. The Labute approximate surface area is 90.7 Å². The van der Waals surface area contributed by atoms with Gasteiger partial charge in [0.15, 0.2) is 0 Å². The predicted molar refractivity (Wildman–Crippen MR) is 56.8 cm³/mol. The van der Waals surface area contributed by atoms with Crippen molar-refractivity contribution in [2.75, 3.05) is 5.73 Å². The highest BCUT2D eigenvalue weighted by molar-refractivity contribution is 6.30. The summed E-state index contributed by atoms with van der Waals surface area (Å²) in [7, 11) is 0.